The monoisotopic (exact) mass is 269 g/mol. The molecule has 0 radical (unpaired) electrons. The molecule has 1 aromatic carbocycles. The van der Waals surface area contributed by atoms with Crippen molar-refractivity contribution in [1.82, 2.24) is 9.71 Å². The third-order valence-electron chi connectivity index (χ3n) is 2.59. The van der Waals surface area contributed by atoms with Crippen molar-refractivity contribution in [3.05, 3.63) is 24.4 Å². The van der Waals surface area contributed by atoms with Crippen molar-refractivity contribution in [3.8, 4) is 0 Å². The molecule has 98 valence electrons. The number of aliphatic hydroxyl groups is 1. The van der Waals surface area contributed by atoms with Gasteiger partial charge in [-0.3, -0.25) is 0 Å². The highest BCUT2D eigenvalue weighted by molar-refractivity contribution is 7.89. The summed E-state index contributed by atoms with van der Waals surface area (Å²) in [5, 5.41) is 9.43. The third kappa shape index (κ3) is 2.33. The van der Waals surface area contributed by atoms with Gasteiger partial charge >= 0.3 is 0 Å². The van der Waals surface area contributed by atoms with E-state index in [0.29, 0.717) is 16.6 Å². The molecular formula is C11H15N3O3S. The van der Waals surface area contributed by atoms with Crippen LogP contribution in [0.5, 0.6) is 0 Å². The number of aromatic nitrogens is 1. The number of hydrogen-bond acceptors (Lipinski definition) is 4. The Balaban J connectivity index is 2.50. The molecule has 0 aliphatic heterocycles. The summed E-state index contributed by atoms with van der Waals surface area (Å²) < 4.78 is 26.6. The molecule has 0 aliphatic carbocycles. The Morgan fingerprint density at radius 3 is 2.89 bits per heavy atom. The first-order valence-corrected chi connectivity index (χ1v) is 6.92. The molecule has 1 unspecified atom stereocenters. The Kier molecular flexibility index (Phi) is 3.29. The second-order valence-corrected chi connectivity index (χ2v) is 5.85. The molecule has 0 saturated carbocycles. The largest absolute Gasteiger partial charge is 0.399 e. The van der Waals surface area contributed by atoms with Crippen molar-refractivity contribution >= 4 is 26.6 Å². The van der Waals surface area contributed by atoms with Crippen molar-refractivity contribution in [2.24, 2.45) is 0 Å². The molecule has 2 rings (SSSR count). The highest BCUT2D eigenvalue weighted by Gasteiger charge is 2.20. The number of sulfonamides is 1. The Hall–Kier alpha value is -1.57. The highest BCUT2D eigenvalue weighted by atomic mass is 32.2. The summed E-state index contributed by atoms with van der Waals surface area (Å²) in [4.78, 5) is 3.01. The van der Waals surface area contributed by atoms with Gasteiger partial charge in [-0.15, -0.1) is 0 Å². The molecule has 7 heteroatoms. The molecule has 2 aromatic rings. The summed E-state index contributed by atoms with van der Waals surface area (Å²) >= 11 is 0. The van der Waals surface area contributed by atoms with Gasteiger partial charge in [0, 0.05) is 28.8 Å². The first kappa shape index (κ1) is 12.9. The van der Waals surface area contributed by atoms with Crippen LogP contribution in [0.2, 0.25) is 0 Å². The van der Waals surface area contributed by atoms with E-state index in [1.54, 1.807) is 25.1 Å². The van der Waals surface area contributed by atoms with Gasteiger partial charge in [-0.25, -0.2) is 13.1 Å². The standard InChI is InChI=1S/C11H15N3O3S/c1-7(6-15)14-18(16,17)11-5-13-10-3-2-8(12)4-9(10)11/h2-5,7,13-15H,6,12H2,1H3. The van der Waals surface area contributed by atoms with Crippen LogP contribution in [0.25, 0.3) is 10.9 Å². The summed E-state index contributed by atoms with van der Waals surface area (Å²) in [7, 11) is -3.67. The number of nitrogens with one attached hydrogen (secondary N) is 2. The van der Waals surface area contributed by atoms with Gasteiger partial charge in [-0.05, 0) is 25.1 Å². The summed E-state index contributed by atoms with van der Waals surface area (Å²) in [6, 6.07) is 4.48. The van der Waals surface area contributed by atoms with Crippen LogP contribution in [0, 0.1) is 0 Å². The van der Waals surface area contributed by atoms with E-state index in [-0.39, 0.29) is 11.5 Å². The maximum Gasteiger partial charge on any atom is 0.243 e. The molecule has 1 aromatic heterocycles. The van der Waals surface area contributed by atoms with Crippen LogP contribution in [0.3, 0.4) is 0 Å². The van der Waals surface area contributed by atoms with Gasteiger partial charge in [-0.1, -0.05) is 0 Å². The van der Waals surface area contributed by atoms with E-state index in [2.05, 4.69) is 9.71 Å². The predicted molar refractivity (Wildman–Crippen MR) is 69.6 cm³/mol. The number of hydrogen-bond donors (Lipinski definition) is 4. The fourth-order valence-electron chi connectivity index (χ4n) is 1.70. The van der Waals surface area contributed by atoms with E-state index in [1.807, 2.05) is 0 Å². The van der Waals surface area contributed by atoms with E-state index in [9.17, 15) is 8.42 Å². The fourth-order valence-corrected chi connectivity index (χ4v) is 3.10. The molecule has 6 nitrogen and oxygen atoms in total. The van der Waals surface area contributed by atoms with Crippen LogP contribution in [-0.4, -0.2) is 31.2 Å². The second-order valence-electron chi connectivity index (χ2n) is 4.16. The topological polar surface area (TPSA) is 108 Å². The van der Waals surface area contributed by atoms with Crippen LogP contribution in [0.15, 0.2) is 29.3 Å². The van der Waals surface area contributed by atoms with Crippen molar-refractivity contribution in [1.29, 1.82) is 0 Å². The molecule has 1 heterocycles. The molecule has 0 aliphatic rings. The predicted octanol–water partition coefficient (Wildman–Crippen LogP) is 0.409. The molecule has 0 bridgehead atoms. The van der Waals surface area contributed by atoms with E-state index in [1.165, 1.54) is 6.20 Å². The van der Waals surface area contributed by atoms with E-state index in [4.69, 9.17) is 10.8 Å². The summed E-state index contributed by atoms with van der Waals surface area (Å²) in [6.45, 7) is 1.32. The van der Waals surface area contributed by atoms with Crippen LogP contribution in [0.1, 0.15) is 6.92 Å². The van der Waals surface area contributed by atoms with E-state index in [0.717, 1.165) is 0 Å². The normalized spacial score (nSPS) is 13.9. The lowest BCUT2D eigenvalue weighted by atomic mass is 10.2. The second kappa shape index (κ2) is 4.60. The van der Waals surface area contributed by atoms with Crippen LogP contribution >= 0.6 is 0 Å². The molecular weight excluding hydrogens is 254 g/mol. The van der Waals surface area contributed by atoms with Gasteiger partial charge in [0.1, 0.15) is 4.90 Å². The zero-order valence-electron chi connectivity index (χ0n) is 9.84. The molecule has 18 heavy (non-hydrogen) atoms. The Labute approximate surface area is 105 Å². The van der Waals surface area contributed by atoms with Crippen LogP contribution in [0.4, 0.5) is 5.69 Å². The number of nitrogen functional groups attached to an aromatic ring is 1. The van der Waals surface area contributed by atoms with Gasteiger partial charge < -0.3 is 15.8 Å². The van der Waals surface area contributed by atoms with Crippen molar-refractivity contribution < 1.29 is 13.5 Å². The SMILES string of the molecule is CC(CO)NS(=O)(=O)c1c[nH]c2ccc(N)cc12. The number of fused-ring (bicyclic) bond motifs is 1. The summed E-state index contributed by atoms with van der Waals surface area (Å²) in [6.07, 6.45) is 1.41. The van der Waals surface area contributed by atoms with Gasteiger partial charge in [-0.2, -0.15) is 0 Å². The third-order valence-corrected chi connectivity index (χ3v) is 4.22. The number of aliphatic hydroxyl groups excluding tert-OH is 1. The summed E-state index contributed by atoms with van der Waals surface area (Å²) in [5.41, 5.74) is 6.84. The van der Waals surface area contributed by atoms with Crippen LogP contribution < -0.4 is 10.5 Å². The minimum absolute atomic E-state index is 0.130. The molecule has 0 spiro atoms. The number of anilines is 1. The number of benzene rings is 1. The lowest BCUT2D eigenvalue weighted by Crippen LogP contribution is -2.34. The Morgan fingerprint density at radius 1 is 1.50 bits per heavy atom. The average molecular weight is 269 g/mol. The maximum atomic E-state index is 12.1. The quantitative estimate of drug-likeness (QED) is 0.603. The number of aromatic amines is 1. The van der Waals surface area contributed by atoms with Crippen molar-refractivity contribution in [2.75, 3.05) is 12.3 Å². The van der Waals surface area contributed by atoms with Crippen molar-refractivity contribution in [2.45, 2.75) is 17.9 Å². The van der Waals surface area contributed by atoms with E-state index < -0.39 is 16.1 Å². The minimum Gasteiger partial charge on any atom is -0.399 e. The zero-order chi connectivity index (χ0) is 13.3. The molecule has 1 atom stereocenters. The number of rotatable bonds is 4. The number of H-pyrrole nitrogens is 1. The van der Waals surface area contributed by atoms with Gasteiger partial charge in [0.2, 0.25) is 10.0 Å². The van der Waals surface area contributed by atoms with Gasteiger partial charge in [0.15, 0.2) is 0 Å². The Bertz CT molecular complexity index is 663. The first-order chi connectivity index (χ1) is 8.44. The maximum absolute atomic E-state index is 12.1. The smallest absolute Gasteiger partial charge is 0.243 e. The number of nitrogens with two attached hydrogens (primary N) is 1. The first-order valence-electron chi connectivity index (χ1n) is 5.44. The van der Waals surface area contributed by atoms with Gasteiger partial charge in [0.25, 0.3) is 0 Å². The van der Waals surface area contributed by atoms with Crippen molar-refractivity contribution in [3.63, 3.8) is 0 Å². The molecule has 0 amide bonds. The molecule has 0 fully saturated rings. The molecule has 5 N–H and O–H groups in total. The highest BCUT2D eigenvalue weighted by Crippen LogP contribution is 2.24. The minimum atomic E-state index is -3.67. The molecule has 0 saturated heterocycles. The van der Waals surface area contributed by atoms with Gasteiger partial charge in [0.05, 0.1) is 6.61 Å². The average Bonchev–Trinajstić information content (AvgIpc) is 2.71. The Morgan fingerprint density at radius 2 is 2.22 bits per heavy atom. The fraction of sp³-hybridized carbons (Fsp3) is 0.273. The zero-order valence-corrected chi connectivity index (χ0v) is 10.7. The lowest BCUT2D eigenvalue weighted by molar-refractivity contribution is 0.265. The van der Waals surface area contributed by atoms with E-state index >= 15 is 0 Å². The lowest BCUT2D eigenvalue weighted by Gasteiger charge is -2.10. The van der Waals surface area contributed by atoms with Crippen LogP contribution in [-0.2, 0) is 10.0 Å². The summed E-state index contributed by atoms with van der Waals surface area (Å²) in [5.74, 6) is 0.